The summed E-state index contributed by atoms with van der Waals surface area (Å²) in [4.78, 5) is 3.23. The van der Waals surface area contributed by atoms with Crippen molar-refractivity contribution < 1.29 is 40.2 Å². The third kappa shape index (κ3) is 3.06. The molecule has 2 rings (SSSR count). The van der Waals surface area contributed by atoms with Gasteiger partial charge in [-0.25, -0.2) is 0 Å². The second-order valence-electron chi connectivity index (χ2n) is 5.04. The zero-order chi connectivity index (χ0) is 19.1. The number of hydrogen-bond donors (Lipinski definition) is 1. The molecule has 1 unspecified atom stereocenters. The molecule has 2 aromatic rings. The Morgan fingerprint density at radius 1 is 0.720 bits per heavy atom. The maximum Gasteiger partial charge on any atom is 0.457 e. The van der Waals surface area contributed by atoms with Crippen molar-refractivity contribution in [3.05, 3.63) is 65.5 Å². The van der Waals surface area contributed by atoms with Gasteiger partial charge in [-0.2, -0.15) is 35.1 Å². The van der Waals surface area contributed by atoms with Gasteiger partial charge in [0.1, 0.15) is 0 Å². The quantitative estimate of drug-likeness (QED) is 0.804. The molecule has 1 aromatic carbocycles. The van der Waals surface area contributed by atoms with Gasteiger partial charge in [-0.05, 0) is 18.2 Å². The van der Waals surface area contributed by atoms with E-state index in [0.717, 1.165) is 30.5 Å². The van der Waals surface area contributed by atoms with E-state index < -0.39 is 40.7 Å². The molecule has 0 radical (unpaired) electrons. The van der Waals surface area contributed by atoms with Crippen LogP contribution >= 0.6 is 0 Å². The first-order valence-electron chi connectivity index (χ1n) is 6.58. The fourth-order valence-electron chi connectivity index (χ4n) is 2.30. The second kappa shape index (κ2) is 5.94. The normalized spacial score (nSPS) is 15.7. The van der Waals surface area contributed by atoms with Crippen LogP contribution in [0.3, 0.4) is 0 Å². The molecule has 0 spiro atoms. The van der Waals surface area contributed by atoms with Gasteiger partial charge in [-0.15, -0.1) is 0 Å². The molecule has 1 heterocycles. The predicted molar refractivity (Wildman–Crippen MR) is 69.7 cm³/mol. The molecule has 0 saturated carbocycles. The first-order chi connectivity index (χ1) is 11.3. The Labute approximate surface area is 135 Å². The van der Waals surface area contributed by atoms with Crippen LogP contribution in [0.15, 0.2) is 48.7 Å². The van der Waals surface area contributed by atoms with E-state index in [1.807, 2.05) is 0 Å². The minimum Gasteiger partial charge on any atom is -0.373 e. The van der Waals surface area contributed by atoms with Gasteiger partial charge >= 0.3 is 18.3 Å². The molecular formula is C15H9F8NO. The lowest BCUT2D eigenvalue weighted by molar-refractivity contribution is -0.337. The monoisotopic (exact) mass is 371 g/mol. The van der Waals surface area contributed by atoms with E-state index in [9.17, 15) is 40.2 Å². The summed E-state index contributed by atoms with van der Waals surface area (Å²) in [6.07, 6.45) is -10.8. The Balaban J connectivity index is 2.89. The fraction of sp³-hybridized carbons (Fsp3) is 0.267. The first-order valence-corrected chi connectivity index (χ1v) is 6.58. The Morgan fingerprint density at radius 3 is 1.68 bits per heavy atom. The topological polar surface area (TPSA) is 33.1 Å². The first kappa shape index (κ1) is 19.1. The molecule has 0 aliphatic heterocycles. The van der Waals surface area contributed by atoms with Crippen molar-refractivity contribution in [2.75, 3.05) is 0 Å². The molecule has 0 aliphatic carbocycles. The van der Waals surface area contributed by atoms with Crippen LogP contribution in [-0.2, 0) is 11.8 Å². The van der Waals surface area contributed by atoms with E-state index in [1.165, 1.54) is 0 Å². The van der Waals surface area contributed by atoms with Crippen LogP contribution in [0.25, 0.3) is 0 Å². The van der Waals surface area contributed by atoms with Crippen molar-refractivity contribution in [3.63, 3.8) is 0 Å². The van der Waals surface area contributed by atoms with Gasteiger partial charge in [0.05, 0.1) is 11.3 Å². The number of aliphatic hydroxyl groups is 1. The summed E-state index contributed by atoms with van der Waals surface area (Å²) in [6, 6.07) is 4.97. The molecule has 0 bridgehead atoms. The number of alkyl halides is 8. The summed E-state index contributed by atoms with van der Waals surface area (Å²) < 4.78 is 106. The fourth-order valence-corrected chi connectivity index (χ4v) is 2.30. The Bertz CT molecular complexity index is 741. The molecule has 1 atom stereocenters. The minimum absolute atomic E-state index is 0.301. The van der Waals surface area contributed by atoms with Crippen molar-refractivity contribution in [2.24, 2.45) is 0 Å². The summed E-state index contributed by atoms with van der Waals surface area (Å²) in [7, 11) is 0. The van der Waals surface area contributed by atoms with Gasteiger partial charge in [0, 0.05) is 11.8 Å². The number of hydrogen-bond acceptors (Lipinski definition) is 2. The van der Waals surface area contributed by atoms with Crippen molar-refractivity contribution in [1.82, 2.24) is 4.98 Å². The lowest BCUT2D eigenvalue weighted by atomic mass is 9.80. The standard InChI is InChI=1S/C15H9F8NO/c16-13(17,18)10-6-2-1-5-9(10)12(25,11-7-3-4-8-24-11)14(19,20)15(21,22)23/h1-8,25H. The summed E-state index contributed by atoms with van der Waals surface area (Å²) in [5, 5.41) is 10.3. The van der Waals surface area contributed by atoms with Crippen molar-refractivity contribution in [3.8, 4) is 0 Å². The number of benzene rings is 1. The van der Waals surface area contributed by atoms with Crippen molar-refractivity contribution in [2.45, 2.75) is 23.9 Å². The minimum atomic E-state index is -6.34. The molecule has 0 fully saturated rings. The summed E-state index contributed by atoms with van der Waals surface area (Å²) in [6.45, 7) is 0. The van der Waals surface area contributed by atoms with E-state index in [0.29, 0.717) is 18.2 Å². The van der Waals surface area contributed by atoms with Crippen LogP contribution in [0.1, 0.15) is 16.8 Å². The van der Waals surface area contributed by atoms with Crippen LogP contribution in [0.5, 0.6) is 0 Å². The summed E-state index contributed by atoms with van der Waals surface area (Å²) >= 11 is 0. The lowest BCUT2D eigenvalue weighted by Gasteiger charge is -2.37. The smallest absolute Gasteiger partial charge is 0.373 e. The zero-order valence-electron chi connectivity index (χ0n) is 12.0. The van der Waals surface area contributed by atoms with Crippen LogP contribution in [-0.4, -0.2) is 22.2 Å². The van der Waals surface area contributed by atoms with Gasteiger partial charge in [0.15, 0.2) is 0 Å². The van der Waals surface area contributed by atoms with E-state index >= 15 is 0 Å². The summed E-state index contributed by atoms with van der Waals surface area (Å²) in [5.41, 5.74) is -9.12. The third-order valence-corrected chi connectivity index (χ3v) is 3.47. The number of halogens is 8. The number of pyridine rings is 1. The van der Waals surface area contributed by atoms with Crippen molar-refractivity contribution >= 4 is 0 Å². The molecule has 0 saturated heterocycles. The van der Waals surface area contributed by atoms with Gasteiger partial charge in [-0.1, -0.05) is 24.3 Å². The van der Waals surface area contributed by atoms with E-state index in [2.05, 4.69) is 4.98 Å². The van der Waals surface area contributed by atoms with Gasteiger partial charge in [-0.3, -0.25) is 4.98 Å². The van der Waals surface area contributed by atoms with Gasteiger partial charge in [0.25, 0.3) is 0 Å². The highest BCUT2D eigenvalue weighted by Crippen LogP contribution is 2.53. The summed E-state index contributed by atoms with van der Waals surface area (Å²) in [5.74, 6) is -5.95. The third-order valence-electron chi connectivity index (χ3n) is 3.47. The molecule has 1 N–H and O–H groups in total. The molecule has 136 valence electrons. The molecule has 10 heteroatoms. The number of nitrogens with zero attached hydrogens (tertiary/aromatic N) is 1. The highest BCUT2D eigenvalue weighted by atomic mass is 19.4. The molecule has 0 amide bonds. The van der Waals surface area contributed by atoms with E-state index in [1.54, 1.807) is 0 Å². The largest absolute Gasteiger partial charge is 0.457 e. The Kier molecular flexibility index (Phi) is 4.54. The number of rotatable bonds is 3. The molecule has 0 aliphatic rings. The molecule has 2 nitrogen and oxygen atoms in total. The highest BCUT2D eigenvalue weighted by molar-refractivity contribution is 5.43. The molecular weight excluding hydrogens is 362 g/mol. The Hall–Kier alpha value is -2.23. The predicted octanol–water partition coefficient (Wildman–Crippen LogP) is 4.53. The van der Waals surface area contributed by atoms with Gasteiger partial charge < -0.3 is 5.11 Å². The SMILES string of the molecule is OC(c1ccccn1)(c1ccccc1C(F)(F)F)C(F)(F)C(F)(F)F. The highest BCUT2D eigenvalue weighted by Gasteiger charge is 2.72. The van der Waals surface area contributed by atoms with Gasteiger partial charge in [0.2, 0.25) is 5.60 Å². The average Bonchev–Trinajstić information content (AvgIpc) is 2.53. The zero-order valence-corrected chi connectivity index (χ0v) is 12.0. The molecule has 25 heavy (non-hydrogen) atoms. The number of aromatic nitrogens is 1. The van der Waals surface area contributed by atoms with Crippen LogP contribution in [0.4, 0.5) is 35.1 Å². The van der Waals surface area contributed by atoms with Crippen LogP contribution in [0, 0.1) is 0 Å². The second-order valence-corrected chi connectivity index (χ2v) is 5.04. The molecule has 1 aromatic heterocycles. The average molecular weight is 371 g/mol. The maximum absolute atomic E-state index is 14.1. The Morgan fingerprint density at radius 2 is 1.24 bits per heavy atom. The van der Waals surface area contributed by atoms with E-state index in [4.69, 9.17) is 0 Å². The lowest BCUT2D eigenvalue weighted by Crippen LogP contribution is -2.56. The maximum atomic E-state index is 14.1. The van der Waals surface area contributed by atoms with Crippen molar-refractivity contribution in [1.29, 1.82) is 0 Å². The van der Waals surface area contributed by atoms with Crippen LogP contribution in [0.2, 0.25) is 0 Å². The van der Waals surface area contributed by atoms with E-state index in [-0.39, 0.29) is 0 Å². The van der Waals surface area contributed by atoms with Crippen LogP contribution < -0.4 is 0 Å².